The first-order valence-corrected chi connectivity index (χ1v) is 10.9. The van der Waals surface area contributed by atoms with Crippen LogP contribution in [-0.2, 0) is 19.6 Å². The topological polar surface area (TPSA) is 78.0 Å². The van der Waals surface area contributed by atoms with Crippen LogP contribution in [0.2, 0.25) is 0 Å². The summed E-state index contributed by atoms with van der Waals surface area (Å²) in [6.07, 6.45) is 0.767. The number of aryl methyl sites for hydroxylation is 2. The minimum atomic E-state index is -3.92. The third-order valence-corrected chi connectivity index (χ3v) is 6.71. The van der Waals surface area contributed by atoms with E-state index >= 15 is 0 Å². The Bertz CT molecular complexity index is 964. The highest BCUT2D eigenvalue weighted by molar-refractivity contribution is 7.92. The molecule has 1 aliphatic rings. The second-order valence-electron chi connectivity index (χ2n) is 7.19. The Morgan fingerprint density at radius 1 is 1.00 bits per heavy atom. The highest BCUT2D eigenvalue weighted by Gasteiger charge is 2.30. The third kappa shape index (κ3) is 4.76. The Labute approximate surface area is 171 Å². The Morgan fingerprint density at radius 2 is 1.59 bits per heavy atom. The lowest BCUT2D eigenvalue weighted by molar-refractivity contribution is -0.133. The fourth-order valence-corrected chi connectivity index (χ4v) is 4.85. The molecule has 2 amide bonds. The first-order chi connectivity index (χ1) is 13.8. The SMILES string of the molecule is Cc1cc(C)cc(N(CC(=O)N2CCN(C=O)CC2)S(=O)(=O)c2ccccc2)c1. The van der Waals surface area contributed by atoms with Crippen LogP contribution in [0.1, 0.15) is 11.1 Å². The van der Waals surface area contributed by atoms with Crippen LogP contribution >= 0.6 is 0 Å². The molecule has 154 valence electrons. The van der Waals surface area contributed by atoms with Crippen molar-refractivity contribution in [3.05, 3.63) is 59.7 Å². The van der Waals surface area contributed by atoms with Gasteiger partial charge in [0.15, 0.2) is 0 Å². The number of sulfonamides is 1. The second kappa shape index (κ2) is 8.65. The predicted molar refractivity (Wildman–Crippen MR) is 111 cm³/mol. The fraction of sp³-hybridized carbons (Fsp3) is 0.333. The van der Waals surface area contributed by atoms with Crippen molar-refractivity contribution in [2.45, 2.75) is 18.7 Å². The molecule has 1 fully saturated rings. The van der Waals surface area contributed by atoms with Crippen molar-refractivity contribution in [2.75, 3.05) is 37.0 Å². The zero-order chi connectivity index (χ0) is 21.0. The van der Waals surface area contributed by atoms with Crippen LogP contribution in [-0.4, -0.2) is 63.3 Å². The van der Waals surface area contributed by atoms with Gasteiger partial charge in [0.1, 0.15) is 6.54 Å². The van der Waals surface area contributed by atoms with Crippen LogP contribution in [0.5, 0.6) is 0 Å². The van der Waals surface area contributed by atoms with Crippen LogP contribution in [0, 0.1) is 13.8 Å². The average Bonchev–Trinajstić information content (AvgIpc) is 2.71. The standard InChI is InChI=1S/C21H25N3O4S/c1-17-12-18(2)14-19(13-17)24(29(27,28)20-6-4-3-5-7-20)15-21(26)23-10-8-22(16-25)9-11-23/h3-7,12-14,16H,8-11,15H2,1-2H3. The molecule has 7 nitrogen and oxygen atoms in total. The number of carbonyl (C=O) groups is 2. The molecule has 0 aliphatic carbocycles. The van der Waals surface area contributed by atoms with Crippen LogP contribution in [0.4, 0.5) is 5.69 Å². The molecule has 0 spiro atoms. The molecule has 8 heteroatoms. The van der Waals surface area contributed by atoms with E-state index in [1.165, 1.54) is 16.4 Å². The monoisotopic (exact) mass is 415 g/mol. The molecule has 0 radical (unpaired) electrons. The number of amides is 2. The van der Waals surface area contributed by atoms with E-state index in [1.807, 2.05) is 19.9 Å². The highest BCUT2D eigenvalue weighted by atomic mass is 32.2. The van der Waals surface area contributed by atoms with Crippen molar-refractivity contribution in [1.82, 2.24) is 9.80 Å². The fourth-order valence-electron chi connectivity index (χ4n) is 3.43. The molecule has 1 saturated heterocycles. The lowest BCUT2D eigenvalue weighted by atomic mass is 10.1. The van der Waals surface area contributed by atoms with Crippen molar-refractivity contribution in [3.8, 4) is 0 Å². The van der Waals surface area contributed by atoms with E-state index < -0.39 is 10.0 Å². The van der Waals surface area contributed by atoms with Crippen LogP contribution in [0.3, 0.4) is 0 Å². The van der Waals surface area contributed by atoms with Gasteiger partial charge >= 0.3 is 0 Å². The lowest BCUT2D eigenvalue weighted by Gasteiger charge is -2.34. The zero-order valence-corrected chi connectivity index (χ0v) is 17.4. The zero-order valence-electron chi connectivity index (χ0n) is 16.6. The Kier molecular flexibility index (Phi) is 6.22. The maximum atomic E-state index is 13.4. The van der Waals surface area contributed by atoms with Crippen LogP contribution in [0.15, 0.2) is 53.4 Å². The van der Waals surface area contributed by atoms with Gasteiger partial charge in [0, 0.05) is 26.2 Å². The Morgan fingerprint density at radius 3 is 2.14 bits per heavy atom. The summed E-state index contributed by atoms with van der Waals surface area (Å²) in [5.41, 5.74) is 2.30. The minimum Gasteiger partial charge on any atom is -0.342 e. The van der Waals surface area contributed by atoms with E-state index in [0.717, 1.165) is 17.5 Å². The van der Waals surface area contributed by atoms with E-state index in [4.69, 9.17) is 0 Å². The van der Waals surface area contributed by atoms with Gasteiger partial charge in [-0.3, -0.25) is 13.9 Å². The van der Waals surface area contributed by atoms with Crippen molar-refractivity contribution < 1.29 is 18.0 Å². The average molecular weight is 416 g/mol. The number of hydrogen-bond acceptors (Lipinski definition) is 4. The van der Waals surface area contributed by atoms with Gasteiger partial charge in [-0.2, -0.15) is 0 Å². The van der Waals surface area contributed by atoms with E-state index in [1.54, 1.807) is 40.1 Å². The van der Waals surface area contributed by atoms with E-state index in [2.05, 4.69) is 0 Å². The first-order valence-electron chi connectivity index (χ1n) is 9.44. The molecule has 0 saturated carbocycles. The van der Waals surface area contributed by atoms with Crippen molar-refractivity contribution in [3.63, 3.8) is 0 Å². The molecule has 0 atom stereocenters. The molecule has 1 heterocycles. The number of hydrogen-bond donors (Lipinski definition) is 0. The van der Waals surface area contributed by atoms with Gasteiger partial charge in [0.25, 0.3) is 10.0 Å². The van der Waals surface area contributed by atoms with E-state index in [0.29, 0.717) is 31.9 Å². The normalized spacial score (nSPS) is 14.6. The second-order valence-corrected chi connectivity index (χ2v) is 9.06. The minimum absolute atomic E-state index is 0.137. The summed E-state index contributed by atoms with van der Waals surface area (Å²) in [5.74, 6) is -0.283. The van der Waals surface area contributed by atoms with Crippen molar-refractivity contribution in [1.29, 1.82) is 0 Å². The summed E-state index contributed by atoms with van der Waals surface area (Å²) in [5, 5.41) is 0. The van der Waals surface area contributed by atoms with Gasteiger partial charge in [-0.25, -0.2) is 8.42 Å². The summed E-state index contributed by atoms with van der Waals surface area (Å²) in [6.45, 7) is 5.18. The van der Waals surface area contributed by atoms with Gasteiger partial charge < -0.3 is 9.80 Å². The summed E-state index contributed by atoms with van der Waals surface area (Å²) >= 11 is 0. The Hall–Kier alpha value is -2.87. The molecule has 0 bridgehead atoms. The molecular weight excluding hydrogens is 390 g/mol. The smallest absolute Gasteiger partial charge is 0.264 e. The molecule has 0 aromatic heterocycles. The van der Waals surface area contributed by atoms with Gasteiger partial charge in [-0.1, -0.05) is 24.3 Å². The largest absolute Gasteiger partial charge is 0.342 e. The number of nitrogens with zero attached hydrogens (tertiary/aromatic N) is 3. The van der Waals surface area contributed by atoms with Crippen LogP contribution < -0.4 is 4.31 Å². The molecule has 0 unspecified atom stereocenters. The summed E-state index contributed by atoms with van der Waals surface area (Å²) in [7, 11) is -3.92. The number of carbonyl (C=O) groups excluding carboxylic acids is 2. The summed E-state index contributed by atoms with van der Waals surface area (Å²) in [6, 6.07) is 13.6. The highest BCUT2D eigenvalue weighted by Crippen LogP contribution is 2.26. The molecule has 0 N–H and O–H groups in total. The first kappa shape index (κ1) is 20.9. The molecular formula is C21H25N3O4S. The maximum absolute atomic E-state index is 13.4. The summed E-state index contributed by atoms with van der Waals surface area (Å²) < 4.78 is 27.9. The third-order valence-electron chi connectivity index (χ3n) is 4.92. The molecule has 2 aromatic carbocycles. The number of benzene rings is 2. The van der Waals surface area contributed by atoms with Gasteiger partial charge in [-0.05, 0) is 49.2 Å². The van der Waals surface area contributed by atoms with Gasteiger partial charge in [-0.15, -0.1) is 0 Å². The van der Waals surface area contributed by atoms with E-state index in [-0.39, 0.29) is 17.3 Å². The quantitative estimate of drug-likeness (QED) is 0.674. The predicted octanol–water partition coefficient (Wildman–Crippen LogP) is 1.80. The molecule has 29 heavy (non-hydrogen) atoms. The number of piperazine rings is 1. The van der Waals surface area contributed by atoms with E-state index in [9.17, 15) is 18.0 Å². The van der Waals surface area contributed by atoms with Gasteiger partial charge in [0.05, 0.1) is 10.6 Å². The maximum Gasteiger partial charge on any atom is 0.264 e. The number of rotatable bonds is 6. The van der Waals surface area contributed by atoms with Gasteiger partial charge in [0.2, 0.25) is 12.3 Å². The molecule has 2 aromatic rings. The van der Waals surface area contributed by atoms with Crippen molar-refractivity contribution >= 4 is 28.0 Å². The lowest BCUT2D eigenvalue weighted by Crippen LogP contribution is -2.51. The Balaban J connectivity index is 1.93. The van der Waals surface area contributed by atoms with Crippen LogP contribution in [0.25, 0.3) is 0 Å². The molecule has 1 aliphatic heterocycles. The van der Waals surface area contributed by atoms with Crippen molar-refractivity contribution in [2.24, 2.45) is 0 Å². The molecule has 3 rings (SSSR count). The summed E-state index contributed by atoms with van der Waals surface area (Å²) in [4.78, 5) is 27.2. The number of anilines is 1.